The summed E-state index contributed by atoms with van der Waals surface area (Å²) in [4.78, 5) is 0. The number of rotatable bonds is 6. The molecule has 1 rings (SSSR count). The quantitative estimate of drug-likeness (QED) is 0.821. The summed E-state index contributed by atoms with van der Waals surface area (Å²) in [5.41, 5.74) is 6.95. The minimum atomic E-state index is -0.141. The summed E-state index contributed by atoms with van der Waals surface area (Å²) in [6, 6.07) is 5.41. The van der Waals surface area contributed by atoms with Gasteiger partial charge in [-0.25, -0.2) is 0 Å². The predicted molar refractivity (Wildman–Crippen MR) is 70.0 cm³/mol. The maximum absolute atomic E-state index is 8.78. The molecule has 0 heterocycles. The predicted octanol–water partition coefficient (Wildman–Crippen LogP) is 1.90. The van der Waals surface area contributed by atoms with E-state index in [2.05, 4.69) is 0 Å². The third-order valence-corrected chi connectivity index (χ3v) is 2.51. The highest BCUT2D eigenvalue weighted by Gasteiger charge is 2.12. The first-order valence-corrected chi connectivity index (χ1v) is 5.31. The van der Waals surface area contributed by atoms with E-state index in [4.69, 9.17) is 20.3 Å². The van der Waals surface area contributed by atoms with Crippen LogP contribution in [0.25, 0.3) is 0 Å². The number of hydrogen-bond acceptors (Lipinski definition) is 4. The molecule has 0 spiro atoms. The summed E-state index contributed by atoms with van der Waals surface area (Å²) in [6.07, 6.45) is 1.40. The zero-order chi connectivity index (χ0) is 12.0. The molecule has 1 aromatic carbocycles. The van der Waals surface area contributed by atoms with Crippen LogP contribution in [-0.4, -0.2) is 25.9 Å². The summed E-state index contributed by atoms with van der Waals surface area (Å²) in [7, 11) is 3.23. The monoisotopic (exact) mass is 261 g/mol. The fourth-order valence-corrected chi connectivity index (χ4v) is 1.60. The van der Waals surface area contributed by atoms with Gasteiger partial charge in [0, 0.05) is 18.2 Å². The summed E-state index contributed by atoms with van der Waals surface area (Å²) in [5, 5.41) is 8.78. The second kappa shape index (κ2) is 8.17. The van der Waals surface area contributed by atoms with Gasteiger partial charge in [-0.05, 0) is 31.0 Å². The molecule has 0 radical (unpaired) electrons. The zero-order valence-electron chi connectivity index (χ0n) is 10.2. The lowest BCUT2D eigenvalue weighted by molar-refractivity contribution is 0.279. The molecule has 0 aromatic heterocycles. The van der Waals surface area contributed by atoms with E-state index in [0.717, 1.165) is 23.5 Å². The molecular formula is C12H20ClNO3. The van der Waals surface area contributed by atoms with Gasteiger partial charge in [0.15, 0.2) is 0 Å². The largest absolute Gasteiger partial charge is 0.497 e. The van der Waals surface area contributed by atoms with E-state index in [1.807, 2.05) is 18.2 Å². The van der Waals surface area contributed by atoms with Crippen molar-refractivity contribution in [3.63, 3.8) is 0 Å². The molecule has 0 bridgehead atoms. The average molecular weight is 262 g/mol. The van der Waals surface area contributed by atoms with Gasteiger partial charge >= 0.3 is 0 Å². The molecule has 0 aliphatic rings. The van der Waals surface area contributed by atoms with E-state index >= 15 is 0 Å². The average Bonchev–Trinajstić information content (AvgIpc) is 2.35. The van der Waals surface area contributed by atoms with Crippen molar-refractivity contribution >= 4 is 12.4 Å². The number of ether oxygens (including phenoxy) is 2. The normalized spacial score (nSPS) is 11.5. The van der Waals surface area contributed by atoms with Crippen LogP contribution in [0, 0.1) is 0 Å². The van der Waals surface area contributed by atoms with Crippen LogP contribution in [-0.2, 0) is 0 Å². The van der Waals surface area contributed by atoms with Gasteiger partial charge in [0.1, 0.15) is 11.5 Å². The van der Waals surface area contributed by atoms with Crippen LogP contribution in [0.3, 0.4) is 0 Å². The molecule has 98 valence electrons. The first-order valence-electron chi connectivity index (χ1n) is 5.31. The molecule has 3 N–H and O–H groups in total. The van der Waals surface area contributed by atoms with Crippen molar-refractivity contribution in [1.82, 2.24) is 0 Å². The van der Waals surface area contributed by atoms with Crippen molar-refractivity contribution in [2.45, 2.75) is 18.9 Å². The van der Waals surface area contributed by atoms with Gasteiger partial charge in [-0.15, -0.1) is 12.4 Å². The molecule has 1 atom stereocenters. The molecule has 0 aliphatic carbocycles. The van der Waals surface area contributed by atoms with Crippen molar-refractivity contribution < 1.29 is 14.6 Å². The van der Waals surface area contributed by atoms with Gasteiger partial charge in [0.25, 0.3) is 0 Å². The van der Waals surface area contributed by atoms with Gasteiger partial charge < -0.3 is 20.3 Å². The van der Waals surface area contributed by atoms with Gasteiger partial charge in [-0.3, -0.25) is 0 Å². The second-order valence-electron chi connectivity index (χ2n) is 3.58. The summed E-state index contributed by atoms with van der Waals surface area (Å²) in [6.45, 7) is 0.153. The highest BCUT2D eigenvalue weighted by molar-refractivity contribution is 5.85. The number of hydrogen-bond donors (Lipinski definition) is 2. The van der Waals surface area contributed by atoms with Crippen molar-refractivity contribution in [3.05, 3.63) is 23.8 Å². The Labute approximate surface area is 108 Å². The molecule has 17 heavy (non-hydrogen) atoms. The number of aliphatic hydroxyl groups is 1. The molecule has 0 saturated heterocycles. The number of benzene rings is 1. The lowest BCUT2D eigenvalue weighted by atomic mass is 10.0. The smallest absolute Gasteiger partial charge is 0.123 e. The SMILES string of the molecule is COc1ccc(OC)c([C@H](N)CCCO)c1.Cl. The van der Waals surface area contributed by atoms with Gasteiger partial charge in [0.2, 0.25) is 0 Å². The molecule has 0 saturated carbocycles. The Kier molecular flexibility index (Phi) is 7.70. The third kappa shape index (κ3) is 4.42. The minimum absolute atomic E-state index is 0. The van der Waals surface area contributed by atoms with Crippen molar-refractivity contribution in [3.8, 4) is 11.5 Å². The van der Waals surface area contributed by atoms with Crippen LogP contribution in [0.15, 0.2) is 18.2 Å². The highest BCUT2D eigenvalue weighted by Crippen LogP contribution is 2.30. The molecule has 1 aromatic rings. The van der Waals surface area contributed by atoms with Gasteiger partial charge in [0.05, 0.1) is 14.2 Å². The maximum atomic E-state index is 8.78. The van der Waals surface area contributed by atoms with E-state index < -0.39 is 0 Å². The Morgan fingerprint density at radius 3 is 2.53 bits per heavy atom. The Morgan fingerprint density at radius 1 is 1.29 bits per heavy atom. The van der Waals surface area contributed by atoms with Crippen molar-refractivity contribution in [2.75, 3.05) is 20.8 Å². The number of methoxy groups -OCH3 is 2. The molecule has 4 nitrogen and oxygen atoms in total. The van der Waals surface area contributed by atoms with E-state index in [9.17, 15) is 0 Å². The fraction of sp³-hybridized carbons (Fsp3) is 0.500. The molecule has 0 unspecified atom stereocenters. The number of aliphatic hydroxyl groups excluding tert-OH is 1. The first-order chi connectivity index (χ1) is 7.72. The second-order valence-corrected chi connectivity index (χ2v) is 3.58. The Bertz CT molecular complexity index is 334. The molecule has 0 fully saturated rings. The summed E-state index contributed by atoms with van der Waals surface area (Å²) < 4.78 is 10.4. The zero-order valence-corrected chi connectivity index (χ0v) is 11.0. The van der Waals surface area contributed by atoms with Crippen LogP contribution in [0.1, 0.15) is 24.4 Å². The Morgan fingerprint density at radius 2 is 2.00 bits per heavy atom. The van der Waals surface area contributed by atoms with E-state index in [1.54, 1.807) is 14.2 Å². The van der Waals surface area contributed by atoms with Crippen LogP contribution in [0.2, 0.25) is 0 Å². The van der Waals surface area contributed by atoms with Crippen LogP contribution < -0.4 is 15.2 Å². The Hall–Kier alpha value is -0.970. The van der Waals surface area contributed by atoms with E-state index in [0.29, 0.717) is 6.42 Å². The summed E-state index contributed by atoms with van der Waals surface area (Å²) >= 11 is 0. The van der Waals surface area contributed by atoms with E-state index in [-0.39, 0.29) is 25.1 Å². The lowest BCUT2D eigenvalue weighted by Gasteiger charge is -2.16. The van der Waals surface area contributed by atoms with Gasteiger partial charge in [-0.2, -0.15) is 0 Å². The Balaban J connectivity index is 0.00000256. The topological polar surface area (TPSA) is 64.7 Å². The summed E-state index contributed by atoms with van der Waals surface area (Å²) in [5.74, 6) is 1.52. The van der Waals surface area contributed by atoms with Gasteiger partial charge in [-0.1, -0.05) is 0 Å². The van der Waals surface area contributed by atoms with Crippen molar-refractivity contribution in [1.29, 1.82) is 0 Å². The number of halogens is 1. The van der Waals surface area contributed by atoms with Crippen LogP contribution in [0.4, 0.5) is 0 Å². The molecule has 0 aliphatic heterocycles. The first kappa shape index (κ1) is 16.0. The van der Waals surface area contributed by atoms with Crippen LogP contribution >= 0.6 is 12.4 Å². The maximum Gasteiger partial charge on any atom is 0.123 e. The molecular weight excluding hydrogens is 242 g/mol. The highest BCUT2D eigenvalue weighted by atomic mass is 35.5. The van der Waals surface area contributed by atoms with Crippen molar-refractivity contribution in [2.24, 2.45) is 5.73 Å². The standard InChI is InChI=1S/C12H19NO3.ClH/c1-15-9-5-6-12(16-2)10(8-9)11(13)4-3-7-14;/h5-6,8,11,14H,3-4,7,13H2,1-2H3;1H/t11-;/m1./s1. The minimum Gasteiger partial charge on any atom is -0.497 e. The van der Waals surface area contributed by atoms with E-state index in [1.165, 1.54) is 0 Å². The van der Waals surface area contributed by atoms with Crippen LogP contribution in [0.5, 0.6) is 11.5 Å². The third-order valence-electron chi connectivity index (χ3n) is 2.51. The fourth-order valence-electron chi connectivity index (χ4n) is 1.60. The number of nitrogens with two attached hydrogens (primary N) is 1. The molecule has 0 amide bonds. The molecule has 5 heteroatoms. The lowest BCUT2D eigenvalue weighted by Crippen LogP contribution is -2.12.